The number of allylic oxidation sites excluding steroid dienone is 2. The van der Waals surface area contributed by atoms with Crippen LogP contribution < -0.4 is 5.32 Å². The number of anilines is 1. The van der Waals surface area contributed by atoms with Gasteiger partial charge in [0.25, 0.3) is 0 Å². The fourth-order valence-electron chi connectivity index (χ4n) is 2.24. The van der Waals surface area contributed by atoms with Gasteiger partial charge in [0.15, 0.2) is 5.78 Å². The van der Waals surface area contributed by atoms with Crippen LogP contribution in [0, 0.1) is 6.92 Å². The Balaban J connectivity index is 2.45. The van der Waals surface area contributed by atoms with Crippen molar-refractivity contribution in [3.05, 3.63) is 70.3 Å². The molecule has 0 saturated carbocycles. The monoisotopic (exact) mass is 383 g/mol. The lowest BCUT2D eigenvalue weighted by atomic mass is 9.99. The molecule has 0 unspecified atom stereocenters. The number of carbonyl (C=O) groups excluding carboxylic acids is 1. The Hall–Kier alpha value is -2.80. The van der Waals surface area contributed by atoms with Crippen LogP contribution >= 0.6 is 11.6 Å². The van der Waals surface area contributed by atoms with E-state index in [1.54, 1.807) is 0 Å². The molecule has 0 radical (unpaired) electrons. The van der Waals surface area contributed by atoms with Crippen LogP contribution in [0.3, 0.4) is 0 Å². The first-order valence-electron chi connectivity index (χ1n) is 7.27. The molecule has 0 aliphatic carbocycles. The van der Waals surface area contributed by atoms with E-state index in [4.69, 9.17) is 16.7 Å². The molecule has 0 aliphatic heterocycles. The van der Waals surface area contributed by atoms with Crippen LogP contribution in [0.5, 0.6) is 0 Å². The number of rotatable bonds is 4. The molecule has 0 aromatic heterocycles. The Morgan fingerprint density at radius 3 is 2.15 bits per heavy atom. The summed E-state index contributed by atoms with van der Waals surface area (Å²) in [6.45, 7) is 1.46. The van der Waals surface area contributed by atoms with Crippen LogP contribution in [0.25, 0.3) is 5.57 Å². The highest BCUT2D eigenvalue weighted by atomic mass is 35.5. The highest BCUT2D eigenvalue weighted by Crippen LogP contribution is 2.35. The number of aryl methyl sites for hydroxylation is 1. The highest BCUT2D eigenvalue weighted by molar-refractivity contribution is 6.30. The van der Waals surface area contributed by atoms with Gasteiger partial charge >= 0.3 is 12.3 Å². The second kappa shape index (κ2) is 7.61. The summed E-state index contributed by atoms with van der Waals surface area (Å²) in [5.41, 5.74) is -0.849. The van der Waals surface area contributed by atoms with Crippen molar-refractivity contribution in [2.45, 2.75) is 13.1 Å². The Kier molecular flexibility index (Phi) is 5.72. The molecular weight excluding hydrogens is 371 g/mol. The quantitative estimate of drug-likeness (QED) is 0.536. The summed E-state index contributed by atoms with van der Waals surface area (Å²) in [6.07, 6.45) is -5.58. The van der Waals surface area contributed by atoms with Crippen LogP contribution in [0.2, 0.25) is 5.02 Å². The summed E-state index contributed by atoms with van der Waals surface area (Å²) >= 11 is 5.70. The maximum absolute atomic E-state index is 13.4. The topological polar surface area (TPSA) is 66.4 Å². The second-order valence-corrected chi connectivity index (χ2v) is 5.82. The molecule has 2 aromatic carbocycles. The molecule has 2 aromatic rings. The SMILES string of the molecule is Cc1cc(C(=CC(=O)c2ccc(Cl)cc2)C(F)(F)F)ccc1NC(=O)O. The van der Waals surface area contributed by atoms with Gasteiger partial charge in [0, 0.05) is 16.3 Å². The predicted molar refractivity (Wildman–Crippen MR) is 92.6 cm³/mol. The largest absolute Gasteiger partial charge is 0.465 e. The van der Waals surface area contributed by atoms with Crippen LogP contribution in [0.4, 0.5) is 23.7 Å². The van der Waals surface area contributed by atoms with Crippen molar-refractivity contribution >= 4 is 34.7 Å². The third-order valence-electron chi connectivity index (χ3n) is 3.49. The van der Waals surface area contributed by atoms with Crippen LogP contribution in [0.15, 0.2) is 48.5 Å². The summed E-state index contributed by atoms with van der Waals surface area (Å²) in [5.74, 6) is -0.820. The molecule has 0 fully saturated rings. The summed E-state index contributed by atoms with van der Waals surface area (Å²) in [5, 5.41) is 11.2. The van der Waals surface area contributed by atoms with E-state index in [2.05, 4.69) is 5.32 Å². The molecule has 2 N–H and O–H groups in total. The van der Waals surface area contributed by atoms with Crippen molar-refractivity contribution in [3.63, 3.8) is 0 Å². The fourth-order valence-corrected chi connectivity index (χ4v) is 2.37. The lowest BCUT2D eigenvalue weighted by Crippen LogP contribution is -2.14. The number of hydrogen-bond donors (Lipinski definition) is 2. The summed E-state index contributed by atoms with van der Waals surface area (Å²) in [6, 6.07) is 8.97. The Bertz CT molecular complexity index is 874. The standard InChI is InChI=1S/C18H13ClF3NO3/c1-10-8-12(4-7-15(10)23-17(25)26)14(18(20,21)22)9-16(24)11-2-5-13(19)6-3-11/h2-9,23H,1H3,(H,25,26). The minimum atomic E-state index is -4.77. The van der Waals surface area contributed by atoms with Crippen molar-refractivity contribution in [2.75, 3.05) is 5.32 Å². The van der Waals surface area contributed by atoms with E-state index in [1.807, 2.05) is 0 Å². The van der Waals surface area contributed by atoms with Gasteiger partial charge in [0.05, 0.1) is 5.57 Å². The lowest BCUT2D eigenvalue weighted by molar-refractivity contribution is -0.0689. The Morgan fingerprint density at radius 2 is 1.65 bits per heavy atom. The Labute approximate surface area is 151 Å². The van der Waals surface area contributed by atoms with Gasteiger partial charge in [-0.25, -0.2) is 4.79 Å². The van der Waals surface area contributed by atoms with E-state index < -0.39 is 23.6 Å². The molecular formula is C18H13ClF3NO3. The first-order chi connectivity index (χ1) is 12.1. The van der Waals surface area contributed by atoms with Gasteiger partial charge in [0.1, 0.15) is 0 Å². The van der Waals surface area contributed by atoms with Gasteiger partial charge in [-0.3, -0.25) is 10.1 Å². The molecule has 26 heavy (non-hydrogen) atoms. The smallest absolute Gasteiger partial charge is 0.417 e. The molecule has 136 valence electrons. The predicted octanol–water partition coefficient (Wildman–Crippen LogP) is 5.57. The number of carbonyl (C=O) groups is 2. The summed E-state index contributed by atoms with van der Waals surface area (Å²) < 4.78 is 40.3. The third-order valence-corrected chi connectivity index (χ3v) is 3.74. The van der Waals surface area contributed by atoms with Crippen molar-refractivity contribution in [3.8, 4) is 0 Å². The number of nitrogens with one attached hydrogen (secondary N) is 1. The molecule has 0 aliphatic rings. The number of carboxylic acid groups (broad SMARTS) is 1. The molecule has 4 nitrogen and oxygen atoms in total. The first kappa shape index (κ1) is 19.5. The zero-order valence-corrected chi connectivity index (χ0v) is 14.2. The fraction of sp³-hybridized carbons (Fsp3) is 0.111. The summed E-state index contributed by atoms with van der Waals surface area (Å²) in [4.78, 5) is 22.8. The molecule has 1 amide bonds. The van der Waals surface area contributed by atoms with Crippen molar-refractivity contribution < 1.29 is 27.9 Å². The highest BCUT2D eigenvalue weighted by Gasteiger charge is 2.35. The van der Waals surface area contributed by atoms with E-state index in [0.29, 0.717) is 16.7 Å². The maximum Gasteiger partial charge on any atom is 0.417 e. The van der Waals surface area contributed by atoms with Gasteiger partial charge in [-0.05, 0) is 60.5 Å². The molecule has 8 heteroatoms. The van der Waals surface area contributed by atoms with E-state index in [-0.39, 0.29) is 16.8 Å². The molecule has 0 heterocycles. The normalized spacial score (nSPS) is 12.0. The number of amides is 1. The van der Waals surface area contributed by atoms with Crippen LogP contribution in [0.1, 0.15) is 21.5 Å². The van der Waals surface area contributed by atoms with Gasteiger partial charge in [0.2, 0.25) is 0 Å². The number of hydrogen-bond acceptors (Lipinski definition) is 2. The van der Waals surface area contributed by atoms with Crippen molar-refractivity contribution in [1.82, 2.24) is 0 Å². The Morgan fingerprint density at radius 1 is 1.08 bits per heavy atom. The van der Waals surface area contributed by atoms with Crippen molar-refractivity contribution in [1.29, 1.82) is 0 Å². The summed E-state index contributed by atoms with van der Waals surface area (Å²) in [7, 11) is 0. The molecule has 0 saturated heterocycles. The number of benzene rings is 2. The van der Waals surface area contributed by atoms with Gasteiger partial charge in [-0.15, -0.1) is 0 Å². The van der Waals surface area contributed by atoms with Gasteiger partial charge in [-0.2, -0.15) is 13.2 Å². The minimum Gasteiger partial charge on any atom is -0.465 e. The molecule has 0 atom stereocenters. The van der Waals surface area contributed by atoms with Crippen LogP contribution in [-0.2, 0) is 0 Å². The van der Waals surface area contributed by atoms with E-state index in [1.165, 1.54) is 43.3 Å². The van der Waals surface area contributed by atoms with E-state index in [0.717, 1.165) is 6.07 Å². The first-order valence-corrected chi connectivity index (χ1v) is 7.65. The second-order valence-electron chi connectivity index (χ2n) is 5.39. The number of ketones is 1. The molecule has 0 spiro atoms. The van der Waals surface area contributed by atoms with E-state index in [9.17, 15) is 22.8 Å². The van der Waals surface area contributed by atoms with E-state index >= 15 is 0 Å². The van der Waals surface area contributed by atoms with Crippen molar-refractivity contribution in [2.24, 2.45) is 0 Å². The molecule has 2 rings (SSSR count). The van der Waals surface area contributed by atoms with Gasteiger partial charge < -0.3 is 5.11 Å². The number of alkyl halides is 3. The van der Waals surface area contributed by atoms with Gasteiger partial charge in [-0.1, -0.05) is 17.7 Å². The third kappa shape index (κ3) is 4.86. The zero-order chi connectivity index (χ0) is 19.5. The average molecular weight is 384 g/mol. The zero-order valence-electron chi connectivity index (χ0n) is 13.4. The van der Waals surface area contributed by atoms with Crippen LogP contribution in [-0.4, -0.2) is 23.2 Å². The maximum atomic E-state index is 13.4. The lowest BCUT2D eigenvalue weighted by Gasteiger charge is -2.14. The number of halogens is 4. The minimum absolute atomic E-state index is 0.0667. The molecule has 0 bridgehead atoms. The average Bonchev–Trinajstić information content (AvgIpc) is 2.53.